The largest absolute Gasteiger partial charge is 0.435 e. The van der Waals surface area contributed by atoms with E-state index in [2.05, 4.69) is 20.3 Å². The van der Waals surface area contributed by atoms with E-state index in [9.17, 15) is 18.0 Å². The van der Waals surface area contributed by atoms with E-state index in [1.54, 1.807) is 12.1 Å². The molecule has 3 heterocycles. The van der Waals surface area contributed by atoms with Crippen molar-refractivity contribution in [3.63, 3.8) is 0 Å². The van der Waals surface area contributed by atoms with Crippen molar-refractivity contribution in [1.29, 1.82) is 0 Å². The van der Waals surface area contributed by atoms with Crippen molar-refractivity contribution < 1.29 is 18.0 Å². The Bertz CT molecular complexity index is 1140. The first-order valence-electron chi connectivity index (χ1n) is 9.90. The van der Waals surface area contributed by atoms with Gasteiger partial charge in [-0.1, -0.05) is 0 Å². The third-order valence-electron chi connectivity index (χ3n) is 5.19. The lowest BCUT2D eigenvalue weighted by Crippen LogP contribution is -2.43. The third-order valence-corrected chi connectivity index (χ3v) is 6.06. The van der Waals surface area contributed by atoms with Crippen LogP contribution in [0.4, 0.5) is 30.2 Å². The molecule has 2 aromatic heterocycles. The number of thiazole rings is 1. The molecule has 1 atom stereocenters. The van der Waals surface area contributed by atoms with Gasteiger partial charge in [0.2, 0.25) is 0 Å². The summed E-state index contributed by atoms with van der Waals surface area (Å²) < 4.78 is 39.9. The summed E-state index contributed by atoms with van der Waals surface area (Å²) in [6, 6.07) is 6.22. The Morgan fingerprint density at radius 3 is 2.78 bits per heavy atom. The lowest BCUT2D eigenvalue weighted by atomic mass is 10.1. The van der Waals surface area contributed by atoms with Gasteiger partial charge in [-0.25, -0.2) is 4.98 Å². The Hall–Kier alpha value is -3.12. The molecule has 3 aromatic rings. The molecule has 4 rings (SSSR count). The maximum absolute atomic E-state index is 12.9. The van der Waals surface area contributed by atoms with Crippen LogP contribution in [-0.2, 0) is 13.2 Å². The van der Waals surface area contributed by atoms with E-state index in [0.29, 0.717) is 17.9 Å². The quantitative estimate of drug-likeness (QED) is 0.509. The monoisotopic (exact) mass is 465 g/mol. The fourth-order valence-corrected chi connectivity index (χ4v) is 4.49. The van der Waals surface area contributed by atoms with Crippen LogP contribution in [0.25, 0.3) is 10.7 Å². The van der Waals surface area contributed by atoms with Crippen molar-refractivity contribution in [3.8, 4) is 10.7 Å². The molecule has 1 saturated heterocycles. The SMILES string of the molecule is Cn1nc(C(F)(F)F)cc1-c1nc(C(=O)Nc2cc(N)ccc2N2CCC[C@@H](N)C2)cs1. The zero-order valence-electron chi connectivity index (χ0n) is 17.2. The second-order valence-electron chi connectivity index (χ2n) is 7.65. The van der Waals surface area contributed by atoms with Gasteiger partial charge in [0, 0.05) is 37.2 Å². The van der Waals surface area contributed by atoms with Crippen molar-refractivity contribution in [3.05, 3.63) is 41.0 Å². The standard InChI is InChI=1S/C20H22F3N7OS/c1-29-16(8-17(28-29)20(21,22)23)19-27-14(10-32-19)18(31)26-13-7-11(24)4-5-15(13)30-6-2-3-12(25)9-30/h4-5,7-8,10,12H,2-3,6,9,24-25H2,1H3,(H,26,31)/t12-/m1/s1. The number of amides is 1. The number of aryl methyl sites for hydroxylation is 1. The van der Waals surface area contributed by atoms with E-state index in [4.69, 9.17) is 11.5 Å². The number of nitrogens with zero attached hydrogens (tertiary/aromatic N) is 4. The molecule has 0 aliphatic carbocycles. The minimum atomic E-state index is -4.56. The molecule has 1 aliphatic heterocycles. The molecule has 12 heteroatoms. The second-order valence-corrected chi connectivity index (χ2v) is 8.51. The number of piperidine rings is 1. The number of benzene rings is 1. The highest BCUT2D eigenvalue weighted by Crippen LogP contribution is 2.33. The van der Waals surface area contributed by atoms with E-state index in [0.717, 1.165) is 47.2 Å². The molecule has 32 heavy (non-hydrogen) atoms. The number of rotatable bonds is 4. The fourth-order valence-electron chi connectivity index (χ4n) is 3.65. The van der Waals surface area contributed by atoms with Gasteiger partial charge in [-0.2, -0.15) is 18.3 Å². The Kier molecular flexibility index (Phi) is 5.82. The Balaban J connectivity index is 1.57. The maximum Gasteiger partial charge on any atom is 0.435 e. The van der Waals surface area contributed by atoms with Gasteiger partial charge < -0.3 is 21.7 Å². The van der Waals surface area contributed by atoms with Crippen LogP contribution in [0.5, 0.6) is 0 Å². The summed E-state index contributed by atoms with van der Waals surface area (Å²) in [4.78, 5) is 19.2. The van der Waals surface area contributed by atoms with Crippen molar-refractivity contribution in [2.24, 2.45) is 12.8 Å². The average molecular weight is 466 g/mol. The number of anilines is 3. The molecule has 0 saturated carbocycles. The molecular weight excluding hydrogens is 443 g/mol. The van der Waals surface area contributed by atoms with Crippen LogP contribution >= 0.6 is 11.3 Å². The summed E-state index contributed by atoms with van der Waals surface area (Å²) in [5.41, 5.74) is 13.1. The molecular formula is C20H22F3N7OS. The summed E-state index contributed by atoms with van der Waals surface area (Å²) in [7, 11) is 1.40. The summed E-state index contributed by atoms with van der Waals surface area (Å²) in [6.45, 7) is 1.47. The maximum atomic E-state index is 12.9. The number of hydrogen-bond donors (Lipinski definition) is 3. The topological polar surface area (TPSA) is 115 Å². The lowest BCUT2D eigenvalue weighted by Gasteiger charge is -2.34. The average Bonchev–Trinajstić information content (AvgIpc) is 3.34. The van der Waals surface area contributed by atoms with Crippen molar-refractivity contribution in [2.75, 3.05) is 29.0 Å². The molecule has 5 N–H and O–H groups in total. The number of carbonyl (C=O) groups excluding carboxylic acids is 1. The molecule has 1 aliphatic rings. The predicted octanol–water partition coefficient (Wildman–Crippen LogP) is 3.32. The third kappa shape index (κ3) is 4.55. The number of halogens is 3. The highest BCUT2D eigenvalue weighted by atomic mass is 32.1. The lowest BCUT2D eigenvalue weighted by molar-refractivity contribution is -0.141. The summed E-state index contributed by atoms with van der Waals surface area (Å²) in [5.74, 6) is -0.487. The van der Waals surface area contributed by atoms with Gasteiger partial charge in [-0.15, -0.1) is 11.3 Å². The predicted molar refractivity (Wildman–Crippen MR) is 118 cm³/mol. The molecule has 170 valence electrons. The summed E-state index contributed by atoms with van der Waals surface area (Å²) >= 11 is 1.06. The normalized spacial score (nSPS) is 16.9. The smallest absolute Gasteiger partial charge is 0.399 e. The number of nitrogen functional groups attached to an aromatic ring is 1. The van der Waals surface area contributed by atoms with Gasteiger partial charge in [0.1, 0.15) is 10.7 Å². The van der Waals surface area contributed by atoms with Gasteiger partial charge in [0.05, 0.1) is 17.1 Å². The highest BCUT2D eigenvalue weighted by molar-refractivity contribution is 7.13. The number of carbonyl (C=O) groups is 1. The number of alkyl halides is 3. The van der Waals surface area contributed by atoms with Crippen LogP contribution in [0.15, 0.2) is 29.6 Å². The summed E-state index contributed by atoms with van der Waals surface area (Å²) in [6.07, 6.45) is -2.67. The molecule has 0 spiro atoms. The van der Waals surface area contributed by atoms with Gasteiger partial charge in [0.15, 0.2) is 5.69 Å². The zero-order valence-corrected chi connectivity index (χ0v) is 18.0. The first kappa shape index (κ1) is 22.1. The highest BCUT2D eigenvalue weighted by Gasteiger charge is 2.35. The van der Waals surface area contributed by atoms with E-state index < -0.39 is 17.8 Å². The molecule has 0 unspecified atom stereocenters. The van der Waals surface area contributed by atoms with Crippen LogP contribution in [0.1, 0.15) is 29.0 Å². The van der Waals surface area contributed by atoms with Crippen molar-refractivity contribution in [2.45, 2.75) is 25.1 Å². The van der Waals surface area contributed by atoms with Crippen LogP contribution in [-0.4, -0.2) is 39.8 Å². The first-order chi connectivity index (χ1) is 15.1. The first-order valence-corrected chi connectivity index (χ1v) is 10.8. The van der Waals surface area contributed by atoms with E-state index in [-0.39, 0.29) is 22.4 Å². The van der Waals surface area contributed by atoms with Gasteiger partial charge in [-0.05, 0) is 37.1 Å². The Morgan fingerprint density at radius 2 is 2.09 bits per heavy atom. The molecule has 0 bridgehead atoms. The van der Waals surface area contributed by atoms with E-state index in [1.807, 2.05) is 6.07 Å². The van der Waals surface area contributed by atoms with Crippen LogP contribution in [0, 0.1) is 0 Å². The Labute approximate surface area is 186 Å². The number of nitrogens with one attached hydrogen (secondary N) is 1. The minimum absolute atomic E-state index is 0.0476. The van der Waals surface area contributed by atoms with Gasteiger partial charge in [0.25, 0.3) is 5.91 Å². The minimum Gasteiger partial charge on any atom is -0.399 e. The Morgan fingerprint density at radius 1 is 1.31 bits per heavy atom. The summed E-state index contributed by atoms with van der Waals surface area (Å²) in [5, 5.41) is 8.07. The van der Waals surface area contributed by atoms with Crippen molar-refractivity contribution in [1.82, 2.24) is 14.8 Å². The number of aromatic nitrogens is 3. The molecule has 8 nitrogen and oxygen atoms in total. The van der Waals surface area contributed by atoms with Crippen LogP contribution in [0.3, 0.4) is 0 Å². The molecule has 1 aromatic carbocycles. The van der Waals surface area contributed by atoms with E-state index in [1.165, 1.54) is 12.4 Å². The zero-order chi connectivity index (χ0) is 23.0. The molecule has 0 radical (unpaired) electrons. The van der Waals surface area contributed by atoms with Crippen LogP contribution < -0.4 is 21.7 Å². The van der Waals surface area contributed by atoms with E-state index >= 15 is 0 Å². The molecule has 1 amide bonds. The number of hydrogen-bond acceptors (Lipinski definition) is 7. The second kappa shape index (κ2) is 8.43. The van der Waals surface area contributed by atoms with Gasteiger partial charge >= 0.3 is 6.18 Å². The van der Waals surface area contributed by atoms with Gasteiger partial charge in [-0.3, -0.25) is 9.48 Å². The molecule has 1 fully saturated rings. The van der Waals surface area contributed by atoms with Crippen LogP contribution in [0.2, 0.25) is 0 Å². The fraction of sp³-hybridized carbons (Fsp3) is 0.350. The van der Waals surface area contributed by atoms with Crippen molar-refractivity contribution >= 4 is 34.3 Å². The number of nitrogens with two attached hydrogens (primary N) is 2.